The predicted molar refractivity (Wildman–Crippen MR) is 156 cm³/mol. The van der Waals surface area contributed by atoms with E-state index in [-0.39, 0.29) is 72.8 Å². The smallest absolute Gasteiger partial charge is 0.418 e. The van der Waals surface area contributed by atoms with Crippen molar-refractivity contribution in [3.63, 3.8) is 0 Å². The molecule has 0 aliphatic carbocycles. The fourth-order valence-corrected chi connectivity index (χ4v) is 6.22. The van der Waals surface area contributed by atoms with E-state index in [1.807, 2.05) is 14.0 Å². The van der Waals surface area contributed by atoms with Crippen molar-refractivity contribution in [3.05, 3.63) is 47.5 Å². The number of hydrogen-bond acceptors (Lipinski definition) is 8. The maximum absolute atomic E-state index is 16.4. The van der Waals surface area contributed by atoms with Crippen LogP contribution in [0, 0.1) is 24.5 Å². The lowest BCUT2D eigenvalue weighted by molar-refractivity contribution is -0.137. The van der Waals surface area contributed by atoms with Gasteiger partial charge in [-0.3, -0.25) is 9.69 Å². The highest BCUT2D eigenvalue weighted by atomic mass is 19.4. The van der Waals surface area contributed by atoms with Crippen molar-refractivity contribution in [3.8, 4) is 17.3 Å². The summed E-state index contributed by atoms with van der Waals surface area (Å²) in [6, 6.07) is 1.40. The van der Waals surface area contributed by atoms with Crippen LogP contribution in [0.25, 0.3) is 22.2 Å². The van der Waals surface area contributed by atoms with Crippen molar-refractivity contribution in [1.29, 1.82) is 0 Å². The molecular formula is C30H34F5N7O2. The number of nitrogens with two attached hydrogens (primary N) is 1. The van der Waals surface area contributed by atoms with Gasteiger partial charge < -0.3 is 20.3 Å². The number of carbonyl (C=O) groups excluding carboxylic acids is 1. The number of carbonyl (C=O) groups is 1. The minimum absolute atomic E-state index is 0.0440. The van der Waals surface area contributed by atoms with E-state index in [4.69, 9.17) is 10.5 Å². The molecule has 4 heterocycles. The molecule has 0 spiro atoms. The van der Waals surface area contributed by atoms with E-state index < -0.39 is 40.1 Å². The number of halogens is 5. The normalized spacial score (nSPS) is 21.2. The van der Waals surface area contributed by atoms with Gasteiger partial charge in [-0.05, 0) is 57.0 Å². The van der Waals surface area contributed by atoms with Gasteiger partial charge in [-0.2, -0.15) is 23.1 Å². The summed E-state index contributed by atoms with van der Waals surface area (Å²) in [6.07, 6.45) is -2.90. The quantitative estimate of drug-likeness (QED) is 0.310. The number of ether oxygens (including phenoxy) is 1. The number of nitrogens with zero attached hydrogens (tertiary/aromatic N) is 6. The maximum atomic E-state index is 16.4. The summed E-state index contributed by atoms with van der Waals surface area (Å²) in [7, 11) is 1.96. The van der Waals surface area contributed by atoms with E-state index >= 15 is 8.78 Å². The first-order chi connectivity index (χ1) is 20.7. The lowest BCUT2D eigenvalue weighted by Gasteiger charge is -2.40. The van der Waals surface area contributed by atoms with Crippen LogP contribution in [0.4, 0.5) is 33.6 Å². The lowest BCUT2D eigenvalue weighted by atomic mass is 9.98. The molecule has 2 aliphatic rings. The van der Waals surface area contributed by atoms with Crippen molar-refractivity contribution in [2.75, 3.05) is 50.5 Å². The molecule has 2 N–H and O–H groups in total. The third-order valence-corrected chi connectivity index (χ3v) is 8.29. The van der Waals surface area contributed by atoms with Gasteiger partial charge in [0.1, 0.15) is 29.6 Å². The highest BCUT2D eigenvalue weighted by molar-refractivity contribution is 5.94. The third-order valence-electron chi connectivity index (χ3n) is 8.29. The summed E-state index contributed by atoms with van der Waals surface area (Å²) in [5.41, 5.74) is 1.69. The van der Waals surface area contributed by atoms with Crippen LogP contribution < -0.4 is 15.4 Å². The van der Waals surface area contributed by atoms with Crippen LogP contribution in [0.3, 0.4) is 0 Å². The van der Waals surface area contributed by atoms with Crippen molar-refractivity contribution in [2.24, 2.45) is 5.92 Å². The summed E-state index contributed by atoms with van der Waals surface area (Å²) >= 11 is 0. The molecule has 1 amide bonds. The second-order valence-corrected chi connectivity index (χ2v) is 11.6. The van der Waals surface area contributed by atoms with E-state index in [0.29, 0.717) is 5.92 Å². The van der Waals surface area contributed by atoms with Crippen molar-refractivity contribution >= 4 is 28.4 Å². The number of piperazine rings is 1. The molecule has 1 aromatic carbocycles. The van der Waals surface area contributed by atoms with E-state index in [1.54, 1.807) is 9.80 Å². The minimum atomic E-state index is -4.97. The third kappa shape index (κ3) is 5.86. The number of aryl methyl sites for hydroxylation is 1. The molecule has 2 aromatic heterocycles. The van der Waals surface area contributed by atoms with Crippen LogP contribution in [0.1, 0.15) is 31.4 Å². The van der Waals surface area contributed by atoms with Crippen LogP contribution in [0.5, 0.6) is 6.01 Å². The highest BCUT2D eigenvalue weighted by Crippen LogP contribution is 2.43. The summed E-state index contributed by atoms with van der Waals surface area (Å²) < 4.78 is 80.6. The average Bonchev–Trinajstić information content (AvgIpc) is 3.26. The zero-order valence-corrected chi connectivity index (χ0v) is 24.9. The van der Waals surface area contributed by atoms with Crippen molar-refractivity contribution in [1.82, 2.24) is 24.8 Å². The van der Waals surface area contributed by atoms with E-state index in [0.717, 1.165) is 32.0 Å². The van der Waals surface area contributed by atoms with E-state index in [9.17, 15) is 18.0 Å². The number of pyridine rings is 1. The number of benzene rings is 1. The fraction of sp³-hybridized carbons (Fsp3) is 0.467. The number of aromatic nitrogens is 3. The van der Waals surface area contributed by atoms with E-state index in [2.05, 4.69) is 33.4 Å². The molecule has 3 aromatic rings. The number of alkyl halides is 3. The molecule has 2 saturated heterocycles. The van der Waals surface area contributed by atoms with Gasteiger partial charge in [0, 0.05) is 43.6 Å². The van der Waals surface area contributed by atoms with E-state index in [1.165, 1.54) is 6.08 Å². The monoisotopic (exact) mass is 619 g/mol. The Balaban J connectivity index is 1.67. The Morgan fingerprint density at radius 3 is 2.50 bits per heavy atom. The number of anilines is 2. The molecule has 0 unspecified atom stereocenters. The number of hydrogen-bond donors (Lipinski definition) is 1. The molecule has 2 aliphatic heterocycles. The number of rotatable bonds is 6. The summed E-state index contributed by atoms with van der Waals surface area (Å²) in [5, 5.41) is -0.0627. The first-order valence-corrected chi connectivity index (χ1v) is 14.2. The molecule has 44 heavy (non-hydrogen) atoms. The molecular weight excluding hydrogens is 585 g/mol. The standard InChI is InChI=1S/C30H34F5N7O2/c1-6-22(43)41-7-8-42(17(4)13-41)28-19-11-20(31)23(27-24(30(33,34)35)16(3)10-21(36)37-27)25(32)26(19)38-29(39-28)44-14-18-9-15(2)12-40(18)5/h6,10-11,15,17-18H,1,7-9,12-14H2,2-5H3,(H2,36,37)/t15-,17+,18+/m1/s1. The molecule has 3 atom stereocenters. The van der Waals surface area contributed by atoms with Gasteiger partial charge in [-0.1, -0.05) is 13.5 Å². The zero-order valence-electron chi connectivity index (χ0n) is 24.9. The largest absolute Gasteiger partial charge is 0.462 e. The first-order valence-electron chi connectivity index (χ1n) is 14.2. The van der Waals surface area contributed by atoms with Crippen LogP contribution in [-0.4, -0.2) is 82.6 Å². The molecule has 0 saturated carbocycles. The number of amides is 1. The van der Waals surface area contributed by atoms with Gasteiger partial charge in [0.15, 0.2) is 5.82 Å². The number of likely N-dealkylation sites (N-methyl/N-ethyl adjacent to an activating group) is 1. The zero-order chi connectivity index (χ0) is 32.1. The second-order valence-electron chi connectivity index (χ2n) is 11.6. The Morgan fingerprint density at radius 2 is 1.89 bits per heavy atom. The molecule has 236 valence electrons. The Bertz CT molecular complexity index is 1620. The number of nitrogen functional groups attached to an aromatic ring is 1. The van der Waals surface area contributed by atoms with Crippen LogP contribution >= 0.6 is 0 Å². The van der Waals surface area contributed by atoms with Crippen molar-refractivity contribution in [2.45, 2.75) is 45.5 Å². The van der Waals surface area contributed by atoms with Gasteiger partial charge >= 0.3 is 12.2 Å². The van der Waals surface area contributed by atoms with Gasteiger partial charge in [0.25, 0.3) is 0 Å². The highest BCUT2D eigenvalue weighted by Gasteiger charge is 2.39. The van der Waals surface area contributed by atoms with Gasteiger partial charge in [-0.25, -0.2) is 13.8 Å². The molecule has 9 nitrogen and oxygen atoms in total. The average molecular weight is 620 g/mol. The maximum Gasteiger partial charge on any atom is 0.418 e. The predicted octanol–water partition coefficient (Wildman–Crippen LogP) is 4.82. The molecule has 2 fully saturated rings. The molecule has 0 radical (unpaired) electrons. The topological polar surface area (TPSA) is 101 Å². The van der Waals surface area contributed by atoms with Crippen LogP contribution in [0.15, 0.2) is 24.8 Å². The van der Waals surface area contributed by atoms with Crippen LogP contribution in [0.2, 0.25) is 0 Å². The Morgan fingerprint density at radius 1 is 1.16 bits per heavy atom. The Hall–Kier alpha value is -4.07. The van der Waals surface area contributed by atoms with Gasteiger partial charge in [0.05, 0.1) is 16.8 Å². The summed E-state index contributed by atoms with van der Waals surface area (Å²) in [6.45, 7) is 10.5. The summed E-state index contributed by atoms with van der Waals surface area (Å²) in [5.74, 6) is -2.64. The Kier molecular flexibility index (Phi) is 8.40. The number of fused-ring (bicyclic) bond motifs is 1. The SMILES string of the molecule is C=CC(=O)N1CCN(c2nc(OC[C@@H]3C[C@@H](C)CN3C)nc3c(F)c(-c4nc(N)cc(C)c4C(F)(F)F)c(F)cc23)[C@@H](C)C1. The first kappa shape index (κ1) is 31.4. The van der Waals surface area contributed by atoms with Crippen molar-refractivity contribution < 1.29 is 31.5 Å². The fourth-order valence-electron chi connectivity index (χ4n) is 6.22. The molecule has 0 bridgehead atoms. The second kappa shape index (κ2) is 11.8. The molecule has 14 heteroatoms. The minimum Gasteiger partial charge on any atom is -0.462 e. The Labute approximate surface area is 251 Å². The van der Waals surface area contributed by atoms with Gasteiger partial charge in [-0.15, -0.1) is 0 Å². The number of likely N-dealkylation sites (tertiary alicyclic amines) is 1. The lowest BCUT2D eigenvalue weighted by Crippen LogP contribution is -2.53. The molecule has 5 rings (SSSR count). The summed E-state index contributed by atoms with van der Waals surface area (Å²) in [4.78, 5) is 30.2. The van der Waals surface area contributed by atoms with Crippen LogP contribution in [-0.2, 0) is 11.0 Å². The van der Waals surface area contributed by atoms with Gasteiger partial charge in [0.2, 0.25) is 5.91 Å².